The first kappa shape index (κ1) is 14.9. The maximum absolute atomic E-state index is 9.90. The largest absolute Gasteiger partial charge is 0.481 e. The van der Waals surface area contributed by atoms with E-state index in [4.69, 9.17) is 15.9 Å². The lowest BCUT2D eigenvalue weighted by atomic mass is 10.2. The number of aromatic nitrogens is 1. The highest BCUT2D eigenvalue weighted by Gasteiger charge is 1.99. The molecule has 1 heterocycles. The number of hydrogen-bond donors (Lipinski definition) is 3. The highest BCUT2D eigenvalue weighted by Crippen LogP contribution is 1.98. The predicted octanol–water partition coefficient (Wildman–Crippen LogP) is 1.38. The van der Waals surface area contributed by atoms with Crippen molar-refractivity contribution in [3.05, 3.63) is 24.4 Å². The summed E-state index contributed by atoms with van der Waals surface area (Å²) in [5.74, 6) is -1.17. The number of carbonyl (C=O) groups is 2. The van der Waals surface area contributed by atoms with Crippen LogP contribution in [-0.4, -0.2) is 27.1 Å². The molecule has 17 heavy (non-hydrogen) atoms. The van der Waals surface area contributed by atoms with E-state index in [-0.39, 0.29) is 12.8 Å². The molecule has 0 fully saturated rings. The zero-order chi connectivity index (χ0) is 13.1. The van der Waals surface area contributed by atoms with Crippen LogP contribution in [-0.2, 0) is 9.59 Å². The number of nitrogens with two attached hydrogens (primary N) is 1. The summed E-state index contributed by atoms with van der Waals surface area (Å²) in [7, 11) is 0. The monoisotopic (exact) mass is 240 g/mol. The highest BCUT2D eigenvalue weighted by molar-refractivity contribution is 5.67. The van der Waals surface area contributed by atoms with Crippen LogP contribution in [0.15, 0.2) is 24.4 Å². The van der Waals surface area contributed by atoms with Crippen molar-refractivity contribution in [1.29, 1.82) is 0 Å². The van der Waals surface area contributed by atoms with Crippen LogP contribution in [0.1, 0.15) is 25.7 Å². The Labute approximate surface area is 99.1 Å². The Morgan fingerprint density at radius 2 is 1.65 bits per heavy atom. The third-order valence-electron chi connectivity index (χ3n) is 1.72. The first-order chi connectivity index (χ1) is 8.02. The van der Waals surface area contributed by atoms with Crippen LogP contribution in [0.4, 0.5) is 5.82 Å². The van der Waals surface area contributed by atoms with E-state index in [1.807, 2.05) is 12.1 Å². The molecule has 0 atom stereocenters. The molecular weight excluding hydrogens is 224 g/mol. The standard InChI is InChI=1S/C6H10O4.C5H6N2/c7-5(8)3-1-2-4-6(9)10;6-5-3-1-2-4-7-5/h1-4H2,(H,7,8)(H,9,10);1-4H,(H2,6,7). The van der Waals surface area contributed by atoms with Gasteiger partial charge in [-0.05, 0) is 25.0 Å². The van der Waals surface area contributed by atoms with Crippen LogP contribution in [0.3, 0.4) is 0 Å². The summed E-state index contributed by atoms with van der Waals surface area (Å²) >= 11 is 0. The number of nitrogen functional groups attached to an aromatic ring is 1. The van der Waals surface area contributed by atoms with E-state index in [1.54, 1.807) is 12.3 Å². The van der Waals surface area contributed by atoms with Gasteiger partial charge >= 0.3 is 11.9 Å². The van der Waals surface area contributed by atoms with E-state index in [0.717, 1.165) is 0 Å². The van der Waals surface area contributed by atoms with Gasteiger partial charge in [-0.15, -0.1) is 0 Å². The number of nitrogens with zero attached hydrogens (tertiary/aromatic N) is 1. The topological polar surface area (TPSA) is 114 Å². The fourth-order valence-corrected chi connectivity index (χ4v) is 0.928. The number of pyridine rings is 1. The molecule has 0 saturated carbocycles. The molecule has 0 aliphatic rings. The van der Waals surface area contributed by atoms with E-state index in [9.17, 15) is 9.59 Å². The summed E-state index contributed by atoms with van der Waals surface area (Å²) in [4.78, 5) is 23.6. The Morgan fingerprint density at radius 1 is 1.12 bits per heavy atom. The lowest BCUT2D eigenvalue weighted by Crippen LogP contribution is -1.97. The van der Waals surface area contributed by atoms with Gasteiger partial charge in [0.25, 0.3) is 0 Å². The Bertz CT molecular complexity index is 325. The van der Waals surface area contributed by atoms with Crippen LogP contribution >= 0.6 is 0 Å². The fraction of sp³-hybridized carbons (Fsp3) is 0.364. The van der Waals surface area contributed by atoms with Gasteiger partial charge in [0.2, 0.25) is 0 Å². The van der Waals surface area contributed by atoms with Crippen molar-refractivity contribution < 1.29 is 19.8 Å². The van der Waals surface area contributed by atoms with Crippen molar-refractivity contribution >= 4 is 17.8 Å². The van der Waals surface area contributed by atoms with Crippen molar-refractivity contribution in [2.24, 2.45) is 0 Å². The summed E-state index contributed by atoms with van der Waals surface area (Å²) in [6, 6.07) is 5.43. The molecule has 0 amide bonds. The summed E-state index contributed by atoms with van der Waals surface area (Å²) < 4.78 is 0. The smallest absolute Gasteiger partial charge is 0.303 e. The van der Waals surface area contributed by atoms with Crippen LogP contribution in [0, 0.1) is 0 Å². The molecule has 0 unspecified atom stereocenters. The van der Waals surface area contributed by atoms with Crippen LogP contribution < -0.4 is 5.73 Å². The van der Waals surface area contributed by atoms with Crippen molar-refractivity contribution in [2.75, 3.05) is 5.73 Å². The summed E-state index contributed by atoms with van der Waals surface area (Å²) in [5, 5.41) is 16.3. The molecule has 1 aromatic rings. The first-order valence-corrected chi connectivity index (χ1v) is 5.12. The molecule has 0 bridgehead atoms. The quantitative estimate of drug-likeness (QED) is 0.670. The molecule has 1 aromatic heterocycles. The van der Waals surface area contributed by atoms with Gasteiger partial charge in [0.05, 0.1) is 0 Å². The lowest BCUT2D eigenvalue weighted by Gasteiger charge is -1.92. The van der Waals surface area contributed by atoms with Gasteiger partial charge in [-0.25, -0.2) is 4.98 Å². The van der Waals surface area contributed by atoms with E-state index >= 15 is 0 Å². The number of anilines is 1. The SMILES string of the molecule is Nc1ccccn1.O=C(O)CCCCC(=O)O. The van der Waals surface area contributed by atoms with Crippen molar-refractivity contribution in [1.82, 2.24) is 4.98 Å². The molecular formula is C11H16N2O4. The molecule has 1 rings (SSSR count). The van der Waals surface area contributed by atoms with Crippen molar-refractivity contribution in [3.63, 3.8) is 0 Å². The van der Waals surface area contributed by atoms with Gasteiger partial charge in [0.1, 0.15) is 5.82 Å². The number of hydrogen-bond acceptors (Lipinski definition) is 4. The number of carboxylic acids is 2. The Hall–Kier alpha value is -2.11. The first-order valence-electron chi connectivity index (χ1n) is 5.12. The maximum Gasteiger partial charge on any atom is 0.303 e. The predicted molar refractivity (Wildman–Crippen MR) is 62.4 cm³/mol. The van der Waals surface area contributed by atoms with Crippen LogP contribution in [0.5, 0.6) is 0 Å². The summed E-state index contributed by atoms with van der Waals surface area (Å²) in [6.07, 6.45) is 2.68. The van der Waals surface area contributed by atoms with Gasteiger partial charge in [0.15, 0.2) is 0 Å². The molecule has 94 valence electrons. The molecule has 6 heteroatoms. The van der Waals surface area contributed by atoms with Gasteiger partial charge in [-0.1, -0.05) is 6.07 Å². The second kappa shape index (κ2) is 9.14. The van der Waals surface area contributed by atoms with Crippen molar-refractivity contribution in [3.8, 4) is 0 Å². The van der Waals surface area contributed by atoms with Crippen molar-refractivity contribution in [2.45, 2.75) is 25.7 Å². The Kier molecular flexibility index (Phi) is 8.01. The lowest BCUT2D eigenvalue weighted by molar-refractivity contribution is -0.139. The minimum atomic E-state index is -0.870. The number of aliphatic carboxylic acids is 2. The Morgan fingerprint density at radius 3 is 1.88 bits per heavy atom. The molecule has 0 aromatic carbocycles. The average Bonchev–Trinajstić information content (AvgIpc) is 2.26. The minimum Gasteiger partial charge on any atom is -0.481 e. The Balaban J connectivity index is 0.000000318. The zero-order valence-electron chi connectivity index (χ0n) is 9.37. The second-order valence-electron chi connectivity index (χ2n) is 3.25. The zero-order valence-corrected chi connectivity index (χ0v) is 9.37. The van der Waals surface area contributed by atoms with Crippen LogP contribution in [0.2, 0.25) is 0 Å². The van der Waals surface area contributed by atoms with Gasteiger partial charge < -0.3 is 15.9 Å². The van der Waals surface area contributed by atoms with Gasteiger partial charge in [-0.2, -0.15) is 0 Å². The molecule has 0 aliphatic heterocycles. The number of unbranched alkanes of at least 4 members (excludes halogenated alkanes) is 1. The minimum absolute atomic E-state index is 0.0628. The summed E-state index contributed by atoms with van der Waals surface area (Å²) in [6.45, 7) is 0. The molecule has 4 N–H and O–H groups in total. The third kappa shape index (κ3) is 11.8. The number of rotatable bonds is 5. The molecule has 0 spiro atoms. The summed E-state index contributed by atoms with van der Waals surface area (Å²) in [5.41, 5.74) is 5.25. The van der Waals surface area contributed by atoms with E-state index in [1.165, 1.54) is 0 Å². The average molecular weight is 240 g/mol. The molecule has 0 saturated heterocycles. The third-order valence-corrected chi connectivity index (χ3v) is 1.72. The normalized spacial score (nSPS) is 8.94. The molecule has 6 nitrogen and oxygen atoms in total. The van der Waals surface area contributed by atoms with Gasteiger partial charge in [-0.3, -0.25) is 9.59 Å². The van der Waals surface area contributed by atoms with E-state index in [2.05, 4.69) is 4.98 Å². The van der Waals surface area contributed by atoms with E-state index < -0.39 is 11.9 Å². The molecule has 0 radical (unpaired) electrons. The van der Waals surface area contributed by atoms with Crippen LogP contribution in [0.25, 0.3) is 0 Å². The van der Waals surface area contributed by atoms with Gasteiger partial charge in [0, 0.05) is 19.0 Å². The highest BCUT2D eigenvalue weighted by atomic mass is 16.4. The second-order valence-corrected chi connectivity index (χ2v) is 3.25. The molecule has 0 aliphatic carbocycles. The number of carboxylic acid groups (broad SMARTS) is 2. The fourth-order valence-electron chi connectivity index (χ4n) is 0.928. The van der Waals surface area contributed by atoms with E-state index in [0.29, 0.717) is 18.7 Å². The maximum atomic E-state index is 9.90.